The smallest absolute Gasteiger partial charge is 0.277 e. The molecule has 6 heteroatoms. The van der Waals surface area contributed by atoms with E-state index in [1.807, 2.05) is 42.2 Å². The van der Waals surface area contributed by atoms with Crippen molar-refractivity contribution in [2.75, 3.05) is 57.3 Å². The molecule has 2 heterocycles. The molecule has 2 aromatic rings. The molecule has 0 aliphatic carbocycles. The van der Waals surface area contributed by atoms with Crippen LogP contribution in [0.4, 0.5) is 5.69 Å². The van der Waals surface area contributed by atoms with Crippen molar-refractivity contribution in [2.24, 2.45) is 0 Å². The molecule has 1 saturated heterocycles. The first-order chi connectivity index (χ1) is 14.2. The van der Waals surface area contributed by atoms with Gasteiger partial charge >= 0.3 is 0 Å². The quantitative estimate of drug-likeness (QED) is 0.794. The van der Waals surface area contributed by atoms with Crippen LogP contribution in [0.1, 0.15) is 6.92 Å². The zero-order valence-corrected chi connectivity index (χ0v) is 17.0. The Morgan fingerprint density at radius 1 is 1.07 bits per heavy atom. The molecule has 0 aromatic heterocycles. The van der Waals surface area contributed by atoms with E-state index in [9.17, 15) is 4.79 Å². The average molecular weight is 397 g/mol. The maximum Gasteiger partial charge on any atom is 0.277 e. The van der Waals surface area contributed by atoms with Gasteiger partial charge in [0.25, 0.3) is 5.91 Å². The lowest BCUT2D eigenvalue weighted by Crippen LogP contribution is -3.16. The fourth-order valence-corrected chi connectivity index (χ4v) is 4.03. The summed E-state index contributed by atoms with van der Waals surface area (Å²) in [5, 5.41) is 0. The number of carbonyl (C=O) groups is 1. The summed E-state index contributed by atoms with van der Waals surface area (Å²) >= 11 is 0. The van der Waals surface area contributed by atoms with Crippen LogP contribution in [0.3, 0.4) is 0 Å². The van der Waals surface area contributed by atoms with Gasteiger partial charge in [-0.1, -0.05) is 30.3 Å². The van der Waals surface area contributed by atoms with Crippen molar-refractivity contribution in [3.63, 3.8) is 0 Å². The Balaban J connectivity index is 1.26. The number of benzene rings is 2. The van der Waals surface area contributed by atoms with E-state index in [0.717, 1.165) is 37.7 Å². The van der Waals surface area contributed by atoms with Crippen molar-refractivity contribution in [2.45, 2.75) is 13.0 Å². The molecule has 0 saturated carbocycles. The summed E-state index contributed by atoms with van der Waals surface area (Å²) < 4.78 is 11.8. The summed E-state index contributed by atoms with van der Waals surface area (Å²) in [6.45, 7) is 8.21. The summed E-state index contributed by atoms with van der Waals surface area (Å²) in [6.07, 6.45) is -0.126. The third kappa shape index (κ3) is 4.82. The van der Waals surface area contributed by atoms with Gasteiger partial charge in [0.1, 0.15) is 6.61 Å². The van der Waals surface area contributed by atoms with Gasteiger partial charge in [-0.25, -0.2) is 0 Å². The Kier molecular flexibility index (Phi) is 6.20. The van der Waals surface area contributed by atoms with E-state index in [-0.39, 0.29) is 12.0 Å². The van der Waals surface area contributed by atoms with E-state index >= 15 is 0 Å². The number of ether oxygens (including phenoxy) is 2. The molecule has 0 spiro atoms. The van der Waals surface area contributed by atoms with Crippen molar-refractivity contribution in [3.05, 3.63) is 54.6 Å². The van der Waals surface area contributed by atoms with Gasteiger partial charge in [0.05, 0.1) is 32.7 Å². The number of quaternary nitrogens is 1. The molecule has 154 valence electrons. The van der Waals surface area contributed by atoms with Crippen LogP contribution in [0.2, 0.25) is 0 Å². The van der Waals surface area contributed by atoms with Crippen LogP contribution in [0.25, 0.3) is 0 Å². The number of likely N-dealkylation sites (N-methyl/N-ethyl adjacent to an activating group) is 1. The maximum absolute atomic E-state index is 12.9. The highest BCUT2D eigenvalue weighted by Crippen LogP contribution is 2.31. The van der Waals surface area contributed by atoms with Gasteiger partial charge in [-0.15, -0.1) is 0 Å². The van der Waals surface area contributed by atoms with Gasteiger partial charge in [0, 0.05) is 12.2 Å². The molecule has 6 nitrogen and oxygen atoms in total. The second-order valence-electron chi connectivity index (χ2n) is 7.68. The first kappa shape index (κ1) is 19.6. The molecule has 1 atom stereocenters. The van der Waals surface area contributed by atoms with Gasteiger partial charge in [0.2, 0.25) is 0 Å². The predicted molar refractivity (Wildman–Crippen MR) is 113 cm³/mol. The number of carbonyl (C=O) groups excluding carboxylic acids is 1. The number of rotatable bonds is 6. The van der Waals surface area contributed by atoms with Crippen LogP contribution >= 0.6 is 0 Å². The average Bonchev–Trinajstić information content (AvgIpc) is 2.78. The number of anilines is 1. The van der Waals surface area contributed by atoms with Gasteiger partial charge in [-0.05, 0) is 31.2 Å². The first-order valence-electron chi connectivity index (χ1n) is 10.5. The number of amides is 1. The number of para-hydroxylation sites is 3. The second kappa shape index (κ2) is 9.18. The number of fused-ring (bicyclic) bond motifs is 1. The van der Waals surface area contributed by atoms with Crippen LogP contribution < -0.4 is 19.3 Å². The van der Waals surface area contributed by atoms with Gasteiger partial charge in [-0.3, -0.25) is 4.79 Å². The molecule has 29 heavy (non-hydrogen) atoms. The fraction of sp³-hybridized carbons (Fsp3) is 0.435. The van der Waals surface area contributed by atoms with E-state index in [1.165, 1.54) is 10.6 Å². The van der Waals surface area contributed by atoms with Gasteiger partial charge in [0.15, 0.2) is 24.1 Å². The Labute approximate surface area is 172 Å². The summed E-state index contributed by atoms with van der Waals surface area (Å²) in [5.74, 6) is 1.73. The van der Waals surface area contributed by atoms with Gasteiger partial charge < -0.3 is 24.2 Å². The third-order valence-electron chi connectivity index (χ3n) is 5.72. The lowest BCUT2D eigenvalue weighted by atomic mass is 10.2. The minimum atomic E-state index is -0.126. The number of hydrogen-bond acceptors (Lipinski definition) is 4. The van der Waals surface area contributed by atoms with E-state index in [1.54, 1.807) is 0 Å². The highest BCUT2D eigenvalue weighted by atomic mass is 16.6. The molecule has 2 aromatic carbocycles. The van der Waals surface area contributed by atoms with Crippen LogP contribution in [-0.2, 0) is 4.79 Å². The van der Waals surface area contributed by atoms with E-state index < -0.39 is 0 Å². The molecule has 0 radical (unpaired) electrons. The topological polar surface area (TPSA) is 46.5 Å². The number of piperazine rings is 1. The molecule has 0 unspecified atom stereocenters. The van der Waals surface area contributed by atoms with Crippen molar-refractivity contribution in [1.82, 2.24) is 4.90 Å². The standard InChI is InChI=1S/C23H29N3O3/c1-2-25(16-20-18-28-21-10-6-7-11-22(21)29-20)23(27)17-24-12-14-26(15-13-24)19-8-4-3-5-9-19/h3-11,20H,2,12-18H2,1H3/p+1/t20-/m0/s1. The zero-order valence-electron chi connectivity index (χ0n) is 17.0. The summed E-state index contributed by atoms with van der Waals surface area (Å²) in [5.41, 5.74) is 1.27. The lowest BCUT2D eigenvalue weighted by Gasteiger charge is -2.35. The van der Waals surface area contributed by atoms with Crippen LogP contribution in [0.5, 0.6) is 11.5 Å². The predicted octanol–water partition coefficient (Wildman–Crippen LogP) is 1.08. The van der Waals surface area contributed by atoms with Crippen molar-refractivity contribution in [1.29, 1.82) is 0 Å². The molecular weight excluding hydrogens is 366 g/mol. The molecule has 0 bridgehead atoms. The molecular formula is C23H30N3O3+. The van der Waals surface area contributed by atoms with Gasteiger partial charge in [-0.2, -0.15) is 0 Å². The fourth-order valence-electron chi connectivity index (χ4n) is 4.03. The first-order valence-corrected chi connectivity index (χ1v) is 10.5. The number of nitrogens with zero attached hydrogens (tertiary/aromatic N) is 2. The molecule has 1 amide bonds. The number of nitrogens with one attached hydrogen (secondary N) is 1. The largest absolute Gasteiger partial charge is 0.486 e. The molecule has 2 aliphatic rings. The number of hydrogen-bond donors (Lipinski definition) is 1. The minimum Gasteiger partial charge on any atom is -0.486 e. The van der Waals surface area contributed by atoms with E-state index in [0.29, 0.717) is 26.2 Å². The zero-order chi connectivity index (χ0) is 20.1. The summed E-state index contributed by atoms with van der Waals surface area (Å²) in [4.78, 5) is 18.6. The SMILES string of the molecule is CCN(C[C@H]1COc2ccccc2O1)C(=O)C[NH+]1CCN(c2ccccc2)CC1. The van der Waals surface area contributed by atoms with Crippen molar-refractivity contribution >= 4 is 11.6 Å². The van der Waals surface area contributed by atoms with E-state index in [4.69, 9.17) is 9.47 Å². The molecule has 4 rings (SSSR count). The maximum atomic E-state index is 12.9. The monoisotopic (exact) mass is 396 g/mol. The summed E-state index contributed by atoms with van der Waals surface area (Å²) in [7, 11) is 0. The Morgan fingerprint density at radius 3 is 2.48 bits per heavy atom. The molecule has 1 N–H and O–H groups in total. The highest BCUT2D eigenvalue weighted by Gasteiger charge is 2.28. The highest BCUT2D eigenvalue weighted by molar-refractivity contribution is 5.77. The normalized spacial score (nSPS) is 19.1. The second-order valence-corrected chi connectivity index (χ2v) is 7.68. The Morgan fingerprint density at radius 2 is 1.76 bits per heavy atom. The van der Waals surface area contributed by atoms with E-state index in [2.05, 4.69) is 29.2 Å². The third-order valence-corrected chi connectivity index (χ3v) is 5.72. The lowest BCUT2D eigenvalue weighted by molar-refractivity contribution is -0.892. The van der Waals surface area contributed by atoms with Crippen molar-refractivity contribution in [3.8, 4) is 11.5 Å². The van der Waals surface area contributed by atoms with Crippen LogP contribution in [0, 0.1) is 0 Å². The summed E-state index contributed by atoms with van der Waals surface area (Å²) in [6, 6.07) is 18.2. The Bertz CT molecular complexity index is 806. The van der Waals surface area contributed by atoms with Crippen LogP contribution in [0.15, 0.2) is 54.6 Å². The Hall–Kier alpha value is -2.73. The van der Waals surface area contributed by atoms with Crippen molar-refractivity contribution < 1.29 is 19.2 Å². The minimum absolute atomic E-state index is 0.126. The van der Waals surface area contributed by atoms with Crippen LogP contribution in [-0.4, -0.2) is 69.3 Å². The molecule has 2 aliphatic heterocycles. The molecule has 1 fully saturated rings.